The molecule has 25 heavy (non-hydrogen) atoms. The first-order chi connectivity index (χ1) is 12.1. The molecule has 0 spiro atoms. The maximum atomic E-state index is 8.87. The van der Waals surface area contributed by atoms with Gasteiger partial charge in [-0.1, -0.05) is 24.3 Å². The fourth-order valence-corrected chi connectivity index (χ4v) is 2.38. The molecular weight excluding hydrogens is 475 g/mol. The van der Waals surface area contributed by atoms with Gasteiger partial charge in [-0.15, -0.1) is 11.6 Å². The molecule has 2 fully saturated rings. The van der Waals surface area contributed by atoms with E-state index in [-0.39, 0.29) is 5.75 Å². The normalized spacial score (nSPS) is 19.6. The summed E-state index contributed by atoms with van der Waals surface area (Å²) in [5, 5.41) is 8.87. The average molecular weight is 495 g/mol. The Hall–Kier alpha value is -0.790. The highest BCUT2D eigenvalue weighted by atomic mass is 79.9. The van der Waals surface area contributed by atoms with Gasteiger partial charge >= 0.3 is 0 Å². The predicted octanol–water partition coefficient (Wildman–Crippen LogP) is 5.01. The van der Waals surface area contributed by atoms with Crippen molar-refractivity contribution < 1.29 is 19.3 Å². The van der Waals surface area contributed by atoms with Gasteiger partial charge in [0.15, 0.2) is 0 Å². The van der Waals surface area contributed by atoms with E-state index < -0.39 is 0 Å². The molecule has 0 amide bonds. The molecule has 7 heteroatoms. The zero-order chi connectivity index (χ0) is 18.1. The summed E-state index contributed by atoms with van der Waals surface area (Å²) < 4.78 is 17.0. The molecule has 2 atom stereocenters. The minimum Gasteiger partial charge on any atom is -0.507 e. The number of ether oxygens (including phenoxy) is 3. The monoisotopic (exact) mass is 492 g/mol. The van der Waals surface area contributed by atoms with E-state index in [2.05, 4.69) is 31.9 Å². The van der Waals surface area contributed by atoms with Crippen molar-refractivity contribution in [2.24, 2.45) is 0 Å². The first-order valence-corrected chi connectivity index (χ1v) is 9.82. The van der Waals surface area contributed by atoms with Crippen LogP contribution in [0.4, 0.5) is 0 Å². The molecule has 0 bridgehead atoms. The summed E-state index contributed by atoms with van der Waals surface area (Å²) in [7, 11) is 0. The number of aromatic hydroxyl groups is 1. The summed E-state index contributed by atoms with van der Waals surface area (Å²) in [5.74, 6) is 1.83. The van der Waals surface area contributed by atoms with Crippen molar-refractivity contribution in [3.63, 3.8) is 0 Å². The number of halogens is 3. The second-order valence-electron chi connectivity index (χ2n) is 5.26. The quantitative estimate of drug-likeness (QED) is 0.480. The smallest absolute Gasteiger partial charge is 0.133 e. The summed E-state index contributed by atoms with van der Waals surface area (Å²) in [6.45, 7) is 2.37. The van der Waals surface area contributed by atoms with E-state index in [4.69, 9.17) is 30.9 Å². The Bertz CT molecular complexity index is 627. The Kier molecular flexibility index (Phi) is 9.06. The molecule has 0 radical (unpaired) electrons. The number of para-hydroxylation sites is 2. The molecule has 1 N–H and O–H groups in total. The van der Waals surface area contributed by atoms with Crippen molar-refractivity contribution in [3.05, 3.63) is 57.5 Å². The van der Waals surface area contributed by atoms with Crippen LogP contribution in [0, 0.1) is 0 Å². The lowest BCUT2D eigenvalue weighted by molar-refractivity contribution is 0.262. The Morgan fingerprint density at radius 3 is 1.92 bits per heavy atom. The van der Waals surface area contributed by atoms with E-state index in [0.717, 1.165) is 27.9 Å². The molecule has 0 aromatic heterocycles. The molecule has 0 aliphatic carbocycles. The summed E-state index contributed by atoms with van der Waals surface area (Å²) >= 11 is 11.8. The van der Waals surface area contributed by atoms with Crippen LogP contribution in [0.3, 0.4) is 0 Å². The summed E-state index contributed by atoms with van der Waals surface area (Å²) in [5.41, 5.74) is 0. The van der Waals surface area contributed by atoms with Crippen LogP contribution in [0.15, 0.2) is 57.5 Å². The van der Waals surface area contributed by atoms with E-state index in [1.165, 1.54) is 0 Å². The summed E-state index contributed by atoms with van der Waals surface area (Å²) in [4.78, 5) is 0. The Morgan fingerprint density at radius 1 is 0.960 bits per heavy atom. The van der Waals surface area contributed by atoms with Crippen LogP contribution in [0.5, 0.6) is 11.5 Å². The molecule has 2 aromatic rings. The lowest BCUT2D eigenvalue weighted by Gasteiger charge is -2.04. The van der Waals surface area contributed by atoms with Gasteiger partial charge in [0.25, 0.3) is 0 Å². The van der Waals surface area contributed by atoms with Crippen LogP contribution in [0.2, 0.25) is 0 Å². The highest BCUT2D eigenvalue weighted by molar-refractivity contribution is 9.10. The number of phenols is 1. The molecule has 2 aliphatic rings. The molecule has 4 rings (SSSR count). The van der Waals surface area contributed by atoms with E-state index in [0.29, 0.717) is 24.7 Å². The number of rotatable bonds is 4. The molecule has 2 aromatic carbocycles. The maximum absolute atomic E-state index is 8.87. The minimum absolute atomic E-state index is 0.285. The Morgan fingerprint density at radius 2 is 1.52 bits per heavy atom. The second-order valence-corrected chi connectivity index (χ2v) is 7.28. The minimum atomic E-state index is 0.285. The SMILES string of the molecule is Brc1ccccc1OCC1CO1.ClCC1CO1.Oc1ccccc1Br. The summed E-state index contributed by atoms with van der Waals surface area (Å²) in [6.07, 6.45) is 0.716. The van der Waals surface area contributed by atoms with Gasteiger partial charge in [-0.25, -0.2) is 0 Å². The van der Waals surface area contributed by atoms with Gasteiger partial charge in [0.05, 0.1) is 34.1 Å². The van der Waals surface area contributed by atoms with Gasteiger partial charge in [-0.2, -0.15) is 0 Å². The van der Waals surface area contributed by atoms with Crippen molar-refractivity contribution in [1.29, 1.82) is 0 Å². The van der Waals surface area contributed by atoms with Gasteiger partial charge in [-0.3, -0.25) is 0 Å². The molecular formula is C18H19Br2ClO4. The molecule has 2 unspecified atom stereocenters. The predicted molar refractivity (Wildman–Crippen MR) is 106 cm³/mol. The molecule has 2 saturated heterocycles. The van der Waals surface area contributed by atoms with Gasteiger partial charge < -0.3 is 19.3 Å². The number of phenolic OH excluding ortho intramolecular Hbond substituents is 1. The van der Waals surface area contributed by atoms with Gasteiger partial charge in [0.1, 0.15) is 24.2 Å². The molecule has 2 aliphatic heterocycles. The van der Waals surface area contributed by atoms with Crippen LogP contribution in [0.1, 0.15) is 0 Å². The van der Waals surface area contributed by atoms with Gasteiger partial charge in [0, 0.05) is 0 Å². The fourth-order valence-electron chi connectivity index (χ4n) is 1.52. The van der Waals surface area contributed by atoms with Crippen LogP contribution >= 0.6 is 43.5 Å². The Labute approximate surface area is 169 Å². The van der Waals surface area contributed by atoms with E-state index in [1.54, 1.807) is 18.2 Å². The first kappa shape index (κ1) is 20.5. The second kappa shape index (κ2) is 11.0. The zero-order valence-electron chi connectivity index (χ0n) is 13.4. The van der Waals surface area contributed by atoms with E-state index in [9.17, 15) is 0 Å². The third-order valence-electron chi connectivity index (χ3n) is 3.09. The largest absolute Gasteiger partial charge is 0.507 e. The molecule has 136 valence electrons. The van der Waals surface area contributed by atoms with Crippen molar-refractivity contribution in [3.8, 4) is 11.5 Å². The lowest BCUT2D eigenvalue weighted by Crippen LogP contribution is -2.04. The van der Waals surface area contributed by atoms with Gasteiger partial charge in [-0.05, 0) is 56.1 Å². The lowest BCUT2D eigenvalue weighted by atomic mass is 10.3. The average Bonchev–Trinajstić information content (AvgIpc) is 3.51. The number of alkyl halides is 1. The number of hydrogen-bond acceptors (Lipinski definition) is 4. The van der Waals surface area contributed by atoms with Crippen molar-refractivity contribution in [2.45, 2.75) is 12.2 Å². The van der Waals surface area contributed by atoms with E-state index in [1.807, 2.05) is 30.3 Å². The van der Waals surface area contributed by atoms with Crippen molar-refractivity contribution in [2.75, 3.05) is 25.7 Å². The standard InChI is InChI=1S/C9H9BrO2.C6H5BrO.C3H5ClO/c10-8-3-1-2-4-9(8)12-6-7-5-11-7;7-5-3-1-2-4-6(5)8;4-1-3-2-5-3/h1-4,7H,5-6H2;1-4,8H;3H,1-2H2. The molecule has 2 heterocycles. The van der Waals surface area contributed by atoms with Crippen molar-refractivity contribution >= 4 is 43.5 Å². The maximum Gasteiger partial charge on any atom is 0.133 e. The third-order valence-corrected chi connectivity index (χ3v) is 4.76. The third kappa shape index (κ3) is 8.92. The summed E-state index contributed by atoms with van der Waals surface area (Å²) in [6, 6.07) is 14.9. The highest BCUT2D eigenvalue weighted by Crippen LogP contribution is 2.24. The van der Waals surface area contributed by atoms with Crippen LogP contribution < -0.4 is 4.74 Å². The zero-order valence-corrected chi connectivity index (χ0v) is 17.3. The highest BCUT2D eigenvalue weighted by Gasteiger charge is 2.23. The Balaban J connectivity index is 0.000000149. The molecule has 4 nitrogen and oxygen atoms in total. The van der Waals surface area contributed by atoms with Gasteiger partial charge in [0.2, 0.25) is 0 Å². The topological polar surface area (TPSA) is 54.5 Å². The van der Waals surface area contributed by atoms with Crippen LogP contribution in [-0.2, 0) is 9.47 Å². The number of hydrogen-bond donors (Lipinski definition) is 1. The number of benzene rings is 2. The van der Waals surface area contributed by atoms with Crippen LogP contribution in [-0.4, -0.2) is 43.0 Å². The fraction of sp³-hybridized carbons (Fsp3) is 0.333. The van der Waals surface area contributed by atoms with E-state index >= 15 is 0 Å². The van der Waals surface area contributed by atoms with Crippen LogP contribution in [0.25, 0.3) is 0 Å². The number of epoxide rings is 2. The van der Waals surface area contributed by atoms with Crippen molar-refractivity contribution in [1.82, 2.24) is 0 Å². The first-order valence-electron chi connectivity index (χ1n) is 7.70. The molecule has 0 saturated carbocycles.